The van der Waals surface area contributed by atoms with Gasteiger partial charge >= 0.3 is 0 Å². The third-order valence-electron chi connectivity index (χ3n) is 3.04. The molecule has 0 radical (unpaired) electrons. The topological polar surface area (TPSA) is 32.3 Å². The van der Waals surface area contributed by atoms with Gasteiger partial charge in [-0.25, -0.2) is 0 Å². The molecule has 0 spiro atoms. The van der Waals surface area contributed by atoms with E-state index in [9.17, 15) is 4.79 Å². The molecule has 0 aliphatic carbocycles. The monoisotopic (exact) mass is 232 g/mol. The molecule has 0 bridgehead atoms. The summed E-state index contributed by atoms with van der Waals surface area (Å²) < 4.78 is 0. The van der Waals surface area contributed by atoms with Gasteiger partial charge in [0.1, 0.15) is 0 Å². The fourth-order valence-corrected chi connectivity index (χ4v) is 2.32. The van der Waals surface area contributed by atoms with Gasteiger partial charge in [-0.3, -0.25) is 4.79 Å². The van der Waals surface area contributed by atoms with Crippen LogP contribution in [0.5, 0.6) is 0 Å². The summed E-state index contributed by atoms with van der Waals surface area (Å²) >= 11 is 0. The van der Waals surface area contributed by atoms with Crippen LogP contribution in [-0.4, -0.2) is 18.5 Å². The van der Waals surface area contributed by atoms with Crippen LogP contribution in [0.3, 0.4) is 0 Å². The van der Waals surface area contributed by atoms with E-state index < -0.39 is 0 Å². The summed E-state index contributed by atoms with van der Waals surface area (Å²) in [7, 11) is 0. The largest absolute Gasteiger partial charge is 0.383 e. The maximum absolute atomic E-state index is 11.6. The van der Waals surface area contributed by atoms with Crippen LogP contribution in [0.4, 0.5) is 11.4 Å². The molecule has 0 saturated carbocycles. The average molecular weight is 232 g/mol. The van der Waals surface area contributed by atoms with E-state index in [1.165, 1.54) is 5.56 Å². The summed E-state index contributed by atoms with van der Waals surface area (Å²) in [5, 5.41) is 3.38. The number of fused-ring (bicyclic) bond motifs is 1. The molecule has 0 aromatic heterocycles. The minimum atomic E-state index is 0.132. The number of hydrogen-bond acceptors (Lipinski definition) is 2. The fourth-order valence-electron chi connectivity index (χ4n) is 2.32. The van der Waals surface area contributed by atoms with Gasteiger partial charge in [-0.1, -0.05) is 6.07 Å². The van der Waals surface area contributed by atoms with Gasteiger partial charge in [-0.05, 0) is 44.4 Å². The number of benzene rings is 1. The van der Waals surface area contributed by atoms with Gasteiger partial charge in [0.05, 0.1) is 0 Å². The van der Waals surface area contributed by atoms with Crippen LogP contribution in [0.15, 0.2) is 18.2 Å². The second-order valence-electron chi connectivity index (χ2n) is 4.92. The van der Waals surface area contributed by atoms with E-state index in [1.54, 1.807) is 6.92 Å². The van der Waals surface area contributed by atoms with Gasteiger partial charge in [-0.2, -0.15) is 0 Å². The molecule has 92 valence electrons. The lowest BCUT2D eigenvalue weighted by Gasteiger charge is -2.29. The molecule has 17 heavy (non-hydrogen) atoms. The highest BCUT2D eigenvalue weighted by atomic mass is 16.2. The Labute approximate surface area is 103 Å². The van der Waals surface area contributed by atoms with Crippen LogP contribution in [0.1, 0.15) is 32.8 Å². The summed E-state index contributed by atoms with van der Waals surface area (Å²) in [5.41, 5.74) is 3.45. The van der Waals surface area contributed by atoms with Crippen LogP contribution in [0.25, 0.3) is 0 Å². The lowest BCUT2D eigenvalue weighted by atomic mass is 10.0. The molecule has 0 saturated heterocycles. The zero-order chi connectivity index (χ0) is 12.4. The predicted molar refractivity (Wildman–Crippen MR) is 71.5 cm³/mol. The summed E-state index contributed by atoms with van der Waals surface area (Å²) in [4.78, 5) is 13.5. The number of nitrogens with zero attached hydrogens (tertiary/aromatic N) is 1. The van der Waals surface area contributed by atoms with Crippen molar-refractivity contribution in [1.29, 1.82) is 0 Å². The number of aryl methyl sites for hydroxylation is 1. The third kappa shape index (κ3) is 2.60. The van der Waals surface area contributed by atoms with Crippen molar-refractivity contribution >= 4 is 17.3 Å². The predicted octanol–water partition coefficient (Wildman–Crippen LogP) is 2.81. The number of nitrogens with one attached hydrogen (secondary N) is 1. The Morgan fingerprint density at radius 3 is 2.82 bits per heavy atom. The number of hydrogen-bond donors (Lipinski definition) is 1. The first-order valence-electron chi connectivity index (χ1n) is 6.25. The van der Waals surface area contributed by atoms with Crippen molar-refractivity contribution in [3.8, 4) is 0 Å². The molecule has 1 aliphatic heterocycles. The molecule has 1 heterocycles. The Balaban J connectivity index is 2.33. The maximum atomic E-state index is 11.6. The molecule has 1 amide bonds. The first-order valence-corrected chi connectivity index (χ1v) is 6.25. The Bertz CT molecular complexity index is 426. The quantitative estimate of drug-likeness (QED) is 0.850. The molecular weight excluding hydrogens is 212 g/mol. The summed E-state index contributed by atoms with van der Waals surface area (Å²) in [6, 6.07) is 6.73. The van der Waals surface area contributed by atoms with E-state index in [4.69, 9.17) is 0 Å². The molecule has 1 aromatic carbocycles. The Morgan fingerprint density at radius 2 is 2.18 bits per heavy atom. The van der Waals surface area contributed by atoms with Crippen LogP contribution in [0, 0.1) is 0 Å². The minimum Gasteiger partial charge on any atom is -0.383 e. The molecular formula is C14H20N2O. The van der Waals surface area contributed by atoms with E-state index in [-0.39, 0.29) is 5.91 Å². The standard InChI is InChI=1S/C14H20N2O/c1-10(2)15-13-7-6-12-5-4-8-16(11(3)17)14(12)9-13/h6-7,9-10,15H,4-5,8H2,1-3H3. The average Bonchev–Trinajstić information content (AvgIpc) is 2.27. The molecule has 1 aliphatic rings. The van der Waals surface area contributed by atoms with Crippen LogP contribution < -0.4 is 10.2 Å². The van der Waals surface area contributed by atoms with Crippen molar-refractivity contribution in [2.75, 3.05) is 16.8 Å². The third-order valence-corrected chi connectivity index (χ3v) is 3.04. The molecule has 1 aromatic rings. The first kappa shape index (κ1) is 12.0. The lowest BCUT2D eigenvalue weighted by molar-refractivity contribution is -0.116. The normalized spacial score (nSPS) is 14.7. The van der Waals surface area contributed by atoms with Crippen molar-refractivity contribution in [3.63, 3.8) is 0 Å². The van der Waals surface area contributed by atoms with Crippen molar-refractivity contribution in [2.24, 2.45) is 0 Å². The van der Waals surface area contributed by atoms with Gasteiger partial charge in [0.2, 0.25) is 5.91 Å². The minimum absolute atomic E-state index is 0.132. The van der Waals surface area contributed by atoms with Crippen molar-refractivity contribution < 1.29 is 4.79 Å². The van der Waals surface area contributed by atoms with Crippen molar-refractivity contribution in [1.82, 2.24) is 0 Å². The van der Waals surface area contributed by atoms with E-state index in [1.807, 2.05) is 4.90 Å². The molecule has 1 N–H and O–H groups in total. The van der Waals surface area contributed by atoms with Crippen LogP contribution in [0.2, 0.25) is 0 Å². The highest BCUT2D eigenvalue weighted by Crippen LogP contribution is 2.30. The van der Waals surface area contributed by atoms with Crippen LogP contribution in [-0.2, 0) is 11.2 Å². The summed E-state index contributed by atoms with van der Waals surface area (Å²) in [6.45, 7) is 6.70. The molecule has 0 unspecified atom stereocenters. The number of carbonyl (C=O) groups excluding carboxylic acids is 1. The Hall–Kier alpha value is -1.51. The molecule has 0 atom stereocenters. The van der Waals surface area contributed by atoms with E-state index in [0.717, 1.165) is 30.8 Å². The number of rotatable bonds is 2. The highest BCUT2D eigenvalue weighted by molar-refractivity contribution is 5.93. The van der Waals surface area contributed by atoms with E-state index in [2.05, 4.69) is 37.4 Å². The fraction of sp³-hybridized carbons (Fsp3) is 0.500. The lowest BCUT2D eigenvalue weighted by Crippen LogP contribution is -2.33. The SMILES string of the molecule is CC(=O)N1CCCc2ccc(NC(C)C)cc21. The first-order chi connectivity index (χ1) is 8.08. The highest BCUT2D eigenvalue weighted by Gasteiger charge is 2.20. The smallest absolute Gasteiger partial charge is 0.223 e. The maximum Gasteiger partial charge on any atom is 0.223 e. The second kappa shape index (κ2) is 4.78. The Kier molecular flexibility index (Phi) is 3.36. The van der Waals surface area contributed by atoms with Crippen molar-refractivity contribution in [2.45, 2.75) is 39.7 Å². The Morgan fingerprint density at radius 1 is 1.41 bits per heavy atom. The molecule has 2 rings (SSSR count). The number of amides is 1. The van der Waals surface area contributed by atoms with Crippen molar-refractivity contribution in [3.05, 3.63) is 23.8 Å². The zero-order valence-electron chi connectivity index (χ0n) is 10.8. The second-order valence-corrected chi connectivity index (χ2v) is 4.92. The van der Waals surface area contributed by atoms with Gasteiger partial charge in [0, 0.05) is 30.9 Å². The van der Waals surface area contributed by atoms with Gasteiger partial charge in [0.15, 0.2) is 0 Å². The van der Waals surface area contributed by atoms with Crippen LogP contribution >= 0.6 is 0 Å². The number of carbonyl (C=O) groups is 1. The van der Waals surface area contributed by atoms with E-state index in [0.29, 0.717) is 6.04 Å². The molecule has 3 nitrogen and oxygen atoms in total. The summed E-state index contributed by atoms with van der Waals surface area (Å²) in [5.74, 6) is 0.132. The molecule has 3 heteroatoms. The number of anilines is 2. The van der Waals surface area contributed by atoms with E-state index >= 15 is 0 Å². The van der Waals surface area contributed by atoms with Gasteiger partial charge < -0.3 is 10.2 Å². The molecule has 0 fully saturated rings. The summed E-state index contributed by atoms with van der Waals surface area (Å²) in [6.07, 6.45) is 2.13. The zero-order valence-corrected chi connectivity index (χ0v) is 10.8. The van der Waals surface area contributed by atoms with Gasteiger partial charge in [-0.15, -0.1) is 0 Å². The van der Waals surface area contributed by atoms with Gasteiger partial charge in [0.25, 0.3) is 0 Å².